The average molecular weight is 317 g/mol. The van der Waals surface area contributed by atoms with Crippen molar-refractivity contribution in [3.05, 3.63) is 30.1 Å². The monoisotopic (exact) mass is 317 g/mol. The van der Waals surface area contributed by atoms with Gasteiger partial charge in [-0.25, -0.2) is 4.98 Å². The Bertz CT molecular complexity index is 679. The molecule has 0 atom stereocenters. The summed E-state index contributed by atoms with van der Waals surface area (Å²) in [7, 11) is 0. The van der Waals surface area contributed by atoms with Gasteiger partial charge in [0.25, 0.3) is 0 Å². The van der Waals surface area contributed by atoms with Crippen molar-refractivity contribution in [3.63, 3.8) is 0 Å². The van der Waals surface area contributed by atoms with Gasteiger partial charge < -0.3 is 14.6 Å². The van der Waals surface area contributed by atoms with E-state index >= 15 is 0 Å². The van der Waals surface area contributed by atoms with Crippen LogP contribution in [0.4, 0.5) is 0 Å². The molecule has 124 valence electrons. The number of rotatable bonds is 8. The van der Waals surface area contributed by atoms with Crippen molar-refractivity contribution in [3.8, 4) is 0 Å². The number of esters is 1. The molecule has 1 aromatic carbocycles. The number of aromatic nitrogens is 2. The summed E-state index contributed by atoms with van der Waals surface area (Å²) in [5, 5.41) is 2.87. The molecule has 0 saturated heterocycles. The molecule has 2 rings (SSSR count). The first-order valence-corrected chi connectivity index (χ1v) is 8.02. The number of fused-ring (bicyclic) bond motifs is 1. The van der Waals surface area contributed by atoms with E-state index in [1.807, 2.05) is 35.8 Å². The molecule has 1 amide bonds. The number of carbonyl (C=O) groups is 2. The smallest absolute Gasteiger partial charge is 0.326 e. The molecule has 0 radical (unpaired) electrons. The van der Waals surface area contributed by atoms with Gasteiger partial charge in [0.05, 0.1) is 17.6 Å². The Morgan fingerprint density at radius 2 is 2.04 bits per heavy atom. The average Bonchev–Trinajstić information content (AvgIpc) is 2.86. The predicted octanol–water partition coefficient (Wildman–Crippen LogP) is 2.06. The number of carbonyl (C=O) groups excluding carboxylic acids is 2. The Morgan fingerprint density at radius 3 is 2.78 bits per heavy atom. The highest BCUT2D eigenvalue weighted by Crippen LogP contribution is 2.16. The van der Waals surface area contributed by atoms with Crippen molar-refractivity contribution >= 4 is 22.9 Å². The summed E-state index contributed by atoms with van der Waals surface area (Å²) in [5.41, 5.74) is 1.74. The molecule has 0 aliphatic heterocycles. The molecular formula is C17H23N3O3. The first-order chi connectivity index (χ1) is 11.2. The summed E-state index contributed by atoms with van der Waals surface area (Å²) in [6, 6.07) is 7.67. The van der Waals surface area contributed by atoms with Crippen LogP contribution in [0.25, 0.3) is 11.0 Å². The molecule has 0 fully saturated rings. The van der Waals surface area contributed by atoms with E-state index < -0.39 is 0 Å². The van der Waals surface area contributed by atoms with Crippen LogP contribution in [0.15, 0.2) is 24.3 Å². The number of imidazole rings is 1. The third-order valence-electron chi connectivity index (χ3n) is 3.47. The highest BCUT2D eigenvalue weighted by molar-refractivity contribution is 5.79. The fourth-order valence-electron chi connectivity index (χ4n) is 2.46. The first kappa shape index (κ1) is 17.0. The molecule has 0 bridgehead atoms. The SMILES string of the molecule is CCCC(=O)NCCc1nc2ccccc2n1CC(=O)OCC. The van der Waals surface area contributed by atoms with Gasteiger partial charge in [0, 0.05) is 19.4 Å². The molecule has 1 N–H and O–H groups in total. The van der Waals surface area contributed by atoms with E-state index in [-0.39, 0.29) is 18.4 Å². The minimum absolute atomic E-state index is 0.0422. The lowest BCUT2D eigenvalue weighted by atomic mass is 10.3. The van der Waals surface area contributed by atoms with Crippen molar-refractivity contribution < 1.29 is 14.3 Å². The second kappa shape index (κ2) is 8.31. The van der Waals surface area contributed by atoms with Crippen LogP contribution < -0.4 is 5.32 Å². The predicted molar refractivity (Wildman–Crippen MR) is 88.0 cm³/mol. The summed E-state index contributed by atoms with van der Waals surface area (Å²) in [6.07, 6.45) is 1.93. The van der Waals surface area contributed by atoms with Gasteiger partial charge in [0.15, 0.2) is 0 Å². The second-order valence-corrected chi connectivity index (χ2v) is 5.26. The second-order valence-electron chi connectivity index (χ2n) is 5.26. The summed E-state index contributed by atoms with van der Waals surface area (Å²) in [5.74, 6) is 0.531. The molecular weight excluding hydrogens is 294 g/mol. The first-order valence-electron chi connectivity index (χ1n) is 8.02. The number of para-hydroxylation sites is 2. The lowest BCUT2D eigenvalue weighted by molar-refractivity contribution is -0.143. The van der Waals surface area contributed by atoms with Gasteiger partial charge in [-0.1, -0.05) is 19.1 Å². The largest absolute Gasteiger partial charge is 0.465 e. The van der Waals surface area contributed by atoms with Crippen LogP contribution in [-0.4, -0.2) is 34.6 Å². The van der Waals surface area contributed by atoms with Gasteiger partial charge in [-0.15, -0.1) is 0 Å². The van der Waals surface area contributed by atoms with Crippen molar-refractivity contribution in [1.82, 2.24) is 14.9 Å². The number of benzene rings is 1. The molecule has 2 aromatic rings. The van der Waals surface area contributed by atoms with Crippen molar-refractivity contribution in [2.45, 2.75) is 39.7 Å². The minimum Gasteiger partial charge on any atom is -0.465 e. The summed E-state index contributed by atoms with van der Waals surface area (Å²) >= 11 is 0. The van der Waals surface area contributed by atoms with Gasteiger partial charge in [-0.3, -0.25) is 9.59 Å². The van der Waals surface area contributed by atoms with E-state index in [2.05, 4.69) is 10.3 Å². The van der Waals surface area contributed by atoms with Gasteiger partial charge in [-0.2, -0.15) is 0 Å². The van der Waals surface area contributed by atoms with Crippen LogP contribution in [0.2, 0.25) is 0 Å². The zero-order chi connectivity index (χ0) is 16.7. The standard InChI is InChI=1S/C17H23N3O3/c1-3-7-16(21)18-11-10-15-19-13-8-5-6-9-14(13)20(15)12-17(22)23-4-2/h5-6,8-9H,3-4,7,10-12H2,1-2H3,(H,18,21). The van der Waals surface area contributed by atoms with E-state index in [4.69, 9.17) is 4.74 Å². The Kier molecular flexibility index (Phi) is 6.14. The molecule has 6 heteroatoms. The maximum atomic E-state index is 11.8. The number of amides is 1. The van der Waals surface area contributed by atoms with Crippen LogP contribution in [0.3, 0.4) is 0 Å². The van der Waals surface area contributed by atoms with E-state index in [1.165, 1.54) is 0 Å². The maximum Gasteiger partial charge on any atom is 0.326 e. The zero-order valence-electron chi connectivity index (χ0n) is 13.7. The van der Waals surface area contributed by atoms with Crippen LogP contribution in [0.5, 0.6) is 0 Å². The fraction of sp³-hybridized carbons (Fsp3) is 0.471. The van der Waals surface area contributed by atoms with Gasteiger partial charge in [0.1, 0.15) is 12.4 Å². The molecule has 0 aliphatic carbocycles. The zero-order valence-corrected chi connectivity index (χ0v) is 13.7. The summed E-state index contributed by atoms with van der Waals surface area (Å²) in [4.78, 5) is 27.9. The van der Waals surface area contributed by atoms with Crippen molar-refractivity contribution in [2.24, 2.45) is 0 Å². The minimum atomic E-state index is -0.285. The Hall–Kier alpha value is -2.37. The summed E-state index contributed by atoms with van der Waals surface area (Å²) in [6.45, 7) is 4.75. The highest BCUT2D eigenvalue weighted by atomic mass is 16.5. The lowest BCUT2D eigenvalue weighted by Crippen LogP contribution is -2.26. The fourth-order valence-corrected chi connectivity index (χ4v) is 2.46. The van der Waals surface area contributed by atoms with Crippen molar-refractivity contribution in [2.75, 3.05) is 13.2 Å². The number of nitrogens with zero attached hydrogens (tertiary/aromatic N) is 2. The molecule has 0 aliphatic rings. The quantitative estimate of drug-likeness (QED) is 0.756. The normalized spacial score (nSPS) is 10.7. The van der Waals surface area contributed by atoms with Crippen LogP contribution in [0, 0.1) is 0 Å². The van der Waals surface area contributed by atoms with Gasteiger partial charge in [-0.05, 0) is 25.5 Å². The van der Waals surface area contributed by atoms with Crippen LogP contribution in [0.1, 0.15) is 32.5 Å². The highest BCUT2D eigenvalue weighted by Gasteiger charge is 2.14. The van der Waals surface area contributed by atoms with E-state index in [0.717, 1.165) is 23.3 Å². The van der Waals surface area contributed by atoms with E-state index in [0.29, 0.717) is 26.0 Å². The maximum absolute atomic E-state index is 11.8. The van der Waals surface area contributed by atoms with Gasteiger partial charge >= 0.3 is 5.97 Å². The number of hydrogen-bond donors (Lipinski definition) is 1. The van der Waals surface area contributed by atoms with E-state index in [9.17, 15) is 9.59 Å². The molecule has 1 aromatic heterocycles. The third kappa shape index (κ3) is 4.55. The van der Waals surface area contributed by atoms with Crippen LogP contribution in [-0.2, 0) is 27.3 Å². The molecule has 0 unspecified atom stereocenters. The topological polar surface area (TPSA) is 73.2 Å². The molecule has 1 heterocycles. The Labute approximate surface area is 135 Å². The number of ether oxygens (including phenoxy) is 1. The van der Waals surface area contributed by atoms with Crippen molar-refractivity contribution in [1.29, 1.82) is 0 Å². The summed E-state index contributed by atoms with van der Waals surface area (Å²) < 4.78 is 6.90. The Balaban J connectivity index is 2.14. The molecule has 0 spiro atoms. The number of nitrogens with one attached hydrogen (secondary N) is 1. The van der Waals surface area contributed by atoms with Gasteiger partial charge in [0.2, 0.25) is 5.91 Å². The van der Waals surface area contributed by atoms with E-state index in [1.54, 1.807) is 6.92 Å². The Morgan fingerprint density at radius 1 is 1.26 bits per heavy atom. The van der Waals surface area contributed by atoms with Crippen LogP contribution >= 0.6 is 0 Å². The molecule has 6 nitrogen and oxygen atoms in total. The molecule has 0 saturated carbocycles. The molecule has 23 heavy (non-hydrogen) atoms. The third-order valence-corrected chi connectivity index (χ3v) is 3.47. The number of hydrogen-bond acceptors (Lipinski definition) is 4. The lowest BCUT2D eigenvalue weighted by Gasteiger charge is -2.09.